The van der Waals surface area contributed by atoms with Gasteiger partial charge in [-0.15, -0.1) is 0 Å². The van der Waals surface area contributed by atoms with E-state index < -0.39 is 5.60 Å². The second-order valence-corrected chi connectivity index (χ2v) is 6.78. The topological polar surface area (TPSA) is 70.1 Å². The van der Waals surface area contributed by atoms with Crippen molar-refractivity contribution >= 4 is 17.4 Å². The fourth-order valence-corrected chi connectivity index (χ4v) is 3.09. The first-order valence-corrected chi connectivity index (χ1v) is 8.35. The maximum Gasteiger partial charge on any atom is 0.267 e. The third kappa shape index (κ3) is 3.51. The molecule has 1 N–H and O–H groups in total. The van der Waals surface area contributed by atoms with Crippen molar-refractivity contribution in [1.82, 2.24) is 15.2 Å². The Balaban J connectivity index is 1.64. The lowest BCUT2D eigenvalue weighted by Crippen LogP contribution is -2.46. The minimum atomic E-state index is -0.902. The maximum atomic E-state index is 12.5. The number of carbonyl (C=O) groups is 1. The summed E-state index contributed by atoms with van der Waals surface area (Å²) >= 11 is 0. The summed E-state index contributed by atoms with van der Waals surface area (Å²) in [6.45, 7) is 8.00. The van der Waals surface area contributed by atoms with Gasteiger partial charge in [-0.25, -0.2) is 4.98 Å². The molecule has 0 unspecified atom stereocenters. The number of carbonyl (C=O) groups excluding carboxylic acids is 1. The van der Waals surface area contributed by atoms with Gasteiger partial charge in [-0.05, 0) is 27.0 Å². The molecule has 0 spiro atoms. The predicted molar refractivity (Wildman–Crippen MR) is 93.0 cm³/mol. The van der Waals surface area contributed by atoms with E-state index in [9.17, 15) is 4.79 Å². The van der Waals surface area contributed by atoms with Crippen LogP contribution in [-0.2, 0) is 16.2 Å². The van der Waals surface area contributed by atoms with Gasteiger partial charge in [-0.1, -0.05) is 11.2 Å². The van der Waals surface area contributed by atoms with E-state index in [1.165, 1.54) is 0 Å². The van der Waals surface area contributed by atoms with Crippen LogP contribution in [0.25, 0.3) is 0 Å². The second-order valence-electron chi connectivity index (χ2n) is 6.78. The Hall–Kier alpha value is -2.15. The van der Waals surface area contributed by atoms with Crippen molar-refractivity contribution in [2.24, 2.45) is 5.16 Å². The van der Waals surface area contributed by atoms with E-state index in [0.29, 0.717) is 13.0 Å². The number of aromatic nitrogens is 1. The minimum Gasteiger partial charge on any atom is -0.379 e. The highest BCUT2D eigenvalue weighted by molar-refractivity contribution is 5.94. The molecule has 0 aliphatic carbocycles. The van der Waals surface area contributed by atoms with E-state index in [4.69, 9.17) is 4.84 Å². The van der Waals surface area contributed by atoms with Crippen LogP contribution in [-0.4, -0.2) is 60.3 Å². The van der Waals surface area contributed by atoms with Gasteiger partial charge in [0.2, 0.25) is 5.60 Å². The van der Waals surface area contributed by atoms with Crippen LogP contribution in [0.2, 0.25) is 0 Å². The normalized spacial score (nSPS) is 24.5. The monoisotopic (exact) mass is 331 g/mol. The number of anilines is 1. The number of pyridine rings is 1. The number of oxime groups is 1. The Kier molecular flexibility index (Phi) is 4.71. The number of likely N-dealkylation sites (N-methyl/N-ethyl adjacent to an activating group) is 1. The lowest BCUT2D eigenvalue weighted by Gasteiger charge is -2.34. The SMILES string of the molecule is CC1=NO[C@](C)(C(=O)NCc2cccnc2N2CCN(C)CC2)C1. The van der Waals surface area contributed by atoms with Gasteiger partial charge in [-0.2, -0.15) is 0 Å². The molecule has 2 aliphatic heterocycles. The van der Waals surface area contributed by atoms with Crippen LogP contribution in [0.1, 0.15) is 25.8 Å². The van der Waals surface area contributed by atoms with E-state index >= 15 is 0 Å². The molecule has 1 aromatic heterocycles. The van der Waals surface area contributed by atoms with E-state index in [1.807, 2.05) is 19.1 Å². The zero-order valence-corrected chi connectivity index (χ0v) is 14.6. The first-order valence-electron chi connectivity index (χ1n) is 8.35. The molecule has 7 heteroatoms. The van der Waals surface area contributed by atoms with Crippen LogP contribution in [0.5, 0.6) is 0 Å². The molecule has 0 bridgehead atoms. The largest absolute Gasteiger partial charge is 0.379 e. The highest BCUT2D eigenvalue weighted by Gasteiger charge is 2.40. The average Bonchev–Trinajstić information content (AvgIpc) is 2.94. The molecule has 1 amide bonds. The van der Waals surface area contributed by atoms with Crippen molar-refractivity contribution in [3.05, 3.63) is 23.9 Å². The van der Waals surface area contributed by atoms with Crippen molar-refractivity contribution in [1.29, 1.82) is 0 Å². The maximum absolute atomic E-state index is 12.5. The first-order chi connectivity index (χ1) is 11.5. The van der Waals surface area contributed by atoms with Gasteiger partial charge in [0.25, 0.3) is 5.91 Å². The number of hydrogen-bond acceptors (Lipinski definition) is 6. The smallest absolute Gasteiger partial charge is 0.267 e. The molecule has 2 aliphatic rings. The molecule has 0 aromatic carbocycles. The predicted octanol–water partition coefficient (Wildman–Crippen LogP) is 1.00. The number of nitrogens with one attached hydrogen (secondary N) is 1. The molecule has 1 atom stereocenters. The molecule has 3 rings (SSSR count). The van der Waals surface area contributed by atoms with Gasteiger partial charge < -0.3 is 20.0 Å². The molecular weight excluding hydrogens is 306 g/mol. The Morgan fingerprint density at radius 1 is 1.38 bits per heavy atom. The summed E-state index contributed by atoms with van der Waals surface area (Å²) < 4.78 is 0. The van der Waals surface area contributed by atoms with Crippen LogP contribution in [0.4, 0.5) is 5.82 Å². The van der Waals surface area contributed by atoms with E-state index in [-0.39, 0.29) is 5.91 Å². The van der Waals surface area contributed by atoms with E-state index in [2.05, 4.69) is 32.3 Å². The van der Waals surface area contributed by atoms with Gasteiger partial charge in [0, 0.05) is 50.9 Å². The molecule has 24 heavy (non-hydrogen) atoms. The molecule has 0 saturated carbocycles. The Bertz CT molecular complexity index is 640. The quantitative estimate of drug-likeness (QED) is 0.891. The highest BCUT2D eigenvalue weighted by Crippen LogP contribution is 2.24. The third-order valence-corrected chi connectivity index (χ3v) is 4.59. The molecular formula is C17H25N5O2. The van der Waals surface area contributed by atoms with Crippen molar-refractivity contribution in [3.63, 3.8) is 0 Å². The number of piperazine rings is 1. The van der Waals surface area contributed by atoms with Gasteiger partial charge in [-0.3, -0.25) is 4.79 Å². The molecule has 1 aromatic rings. The fourth-order valence-electron chi connectivity index (χ4n) is 3.09. The molecule has 7 nitrogen and oxygen atoms in total. The van der Waals surface area contributed by atoms with Crippen molar-refractivity contribution in [3.8, 4) is 0 Å². The van der Waals surface area contributed by atoms with Gasteiger partial charge in [0.15, 0.2) is 0 Å². The lowest BCUT2D eigenvalue weighted by molar-refractivity contribution is -0.141. The summed E-state index contributed by atoms with van der Waals surface area (Å²) in [5.41, 5.74) is 0.960. The molecule has 0 radical (unpaired) electrons. The van der Waals surface area contributed by atoms with Crippen LogP contribution >= 0.6 is 0 Å². The number of amides is 1. The molecule has 130 valence electrons. The Labute approximate surface area is 142 Å². The van der Waals surface area contributed by atoms with Gasteiger partial charge in [0.1, 0.15) is 5.82 Å². The molecule has 1 saturated heterocycles. The Morgan fingerprint density at radius 2 is 2.12 bits per heavy atom. The summed E-state index contributed by atoms with van der Waals surface area (Å²) in [5.74, 6) is 0.812. The fraction of sp³-hybridized carbons (Fsp3) is 0.588. The molecule has 3 heterocycles. The summed E-state index contributed by atoms with van der Waals surface area (Å²) in [7, 11) is 2.13. The second kappa shape index (κ2) is 6.76. The number of hydrogen-bond donors (Lipinski definition) is 1. The zero-order chi connectivity index (χ0) is 17.2. The van der Waals surface area contributed by atoms with E-state index in [0.717, 1.165) is 43.3 Å². The van der Waals surface area contributed by atoms with Crippen molar-refractivity contribution in [2.45, 2.75) is 32.4 Å². The first kappa shape index (κ1) is 16.7. The highest BCUT2D eigenvalue weighted by atomic mass is 16.7. The van der Waals surface area contributed by atoms with Gasteiger partial charge in [0.05, 0.1) is 5.71 Å². The van der Waals surface area contributed by atoms with Crippen LogP contribution < -0.4 is 10.2 Å². The number of nitrogens with zero attached hydrogens (tertiary/aromatic N) is 4. The van der Waals surface area contributed by atoms with Gasteiger partial charge >= 0.3 is 0 Å². The van der Waals surface area contributed by atoms with Crippen LogP contribution in [0.15, 0.2) is 23.5 Å². The zero-order valence-electron chi connectivity index (χ0n) is 14.6. The van der Waals surface area contributed by atoms with Crippen molar-refractivity contribution < 1.29 is 9.63 Å². The standard InChI is InChI=1S/C17H25N5O2/c1-13-11-17(2,24-20-13)16(23)19-12-14-5-4-6-18-15(14)22-9-7-21(3)8-10-22/h4-6H,7-12H2,1-3H3,(H,19,23)/t17-/m0/s1. The summed E-state index contributed by atoms with van der Waals surface area (Å²) in [6.07, 6.45) is 2.33. The Morgan fingerprint density at radius 3 is 2.79 bits per heavy atom. The van der Waals surface area contributed by atoms with Crippen LogP contribution in [0.3, 0.4) is 0 Å². The summed E-state index contributed by atoms with van der Waals surface area (Å²) in [5, 5.41) is 6.87. The summed E-state index contributed by atoms with van der Waals surface area (Å²) in [4.78, 5) is 26.9. The summed E-state index contributed by atoms with van der Waals surface area (Å²) in [6, 6.07) is 3.92. The third-order valence-electron chi connectivity index (χ3n) is 4.59. The van der Waals surface area contributed by atoms with Crippen LogP contribution in [0, 0.1) is 0 Å². The molecule has 1 fully saturated rings. The lowest BCUT2D eigenvalue weighted by atomic mass is 9.99. The van der Waals surface area contributed by atoms with E-state index in [1.54, 1.807) is 13.1 Å². The minimum absolute atomic E-state index is 0.142. The number of rotatable bonds is 4. The van der Waals surface area contributed by atoms with Crippen molar-refractivity contribution in [2.75, 3.05) is 38.1 Å². The average molecular weight is 331 g/mol.